The van der Waals surface area contributed by atoms with Crippen molar-refractivity contribution in [2.75, 3.05) is 6.26 Å². The quantitative estimate of drug-likeness (QED) is 0.480. The summed E-state index contributed by atoms with van der Waals surface area (Å²) in [4.78, 5) is 20.9. The van der Waals surface area contributed by atoms with E-state index in [0.717, 1.165) is 12.1 Å². The Labute approximate surface area is 111 Å². The van der Waals surface area contributed by atoms with Crippen molar-refractivity contribution in [3.05, 3.63) is 53.3 Å². The lowest BCUT2D eigenvalue weighted by Crippen LogP contribution is -2.08. The second kappa shape index (κ2) is 5.78. The number of carbonyl (C=O) groups excluding carboxylic acids is 1. The standard InChI is InChI=1S/C14H14N2OS/c1-3-12-11(9-15-14(16-12)18-2)13(17)10-7-5-4-6-8-10/h4-9H,3H2,1-2H3. The van der Waals surface area contributed by atoms with Crippen LogP contribution in [-0.2, 0) is 6.42 Å². The van der Waals surface area contributed by atoms with Gasteiger partial charge in [-0.3, -0.25) is 4.79 Å². The highest BCUT2D eigenvalue weighted by atomic mass is 32.2. The van der Waals surface area contributed by atoms with E-state index in [2.05, 4.69) is 9.97 Å². The first kappa shape index (κ1) is 12.8. The molecule has 0 atom stereocenters. The van der Waals surface area contributed by atoms with E-state index in [1.807, 2.05) is 43.5 Å². The molecule has 1 aromatic carbocycles. The van der Waals surface area contributed by atoms with Gasteiger partial charge in [0.2, 0.25) is 0 Å². The number of nitrogens with zero attached hydrogens (tertiary/aromatic N) is 2. The smallest absolute Gasteiger partial charge is 0.196 e. The van der Waals surface area contributed by atoms with E-state index in [1.54, 1.807) is 6.20 Å². The topological polar surface area (TPSA) is 42.9 Å². The third kappa shape index (κ3) is 2.59. The molecule has 0 amide bonds. The molecule has 0 radical (unpaired) electrons. The minimum Gasteiger partial charge on any atom is -0.288 e. The van der Waals surface area contributed by atoms with Crippen molar-refractivity contribution in [2.24, 2.45) is 0 Å². The monoisotopic (exact) mass is 258 g/mol. The summed E-state index contributed by atoms with van der Waals surface area (Å²) in [7, 11) is 0. The van der Waals surface area contributed by atoms with Gasteiger partial charge >= 0.3 is 0 Å². The minimum absolute atomic E-state index is 0.0138. The van der Waals surface area contributed by atoms with Crippen LogP contribution in [0, 0.1) is 0 Å². The van der Waals surface area contributed by atoms with Gasteiger partial charge < -0.3 is 0 Å². The van der Waals surface area contributed by atoms with Crippen molar-refractivity contribution in [2.45, 2.75) is 18.5 Å². The molecule has 2 aromatic rings. The molecule has 0 aliphatic rings. The van der Waals surface area contributed by atoms with Crippen LogP contribution in [0.15, 0.2) is 41.7 Å². The van der Waals surface area contributed by atoms with Crippen LogP contribution in [0.4, 0.5) is 0 Å². The zero-order chi connectivity index (χ0) is 13.0. The zero-order valence-corrected chi connectivity index (χ0v) is 11.2. The molecule has 3 nitrogen and oxygen atoms in total. The Morgan fingerprint density at radius 2 is 2.00 bits per heavy atom. The van der Waals surface area contributed by atoms with Crippen molar-refractivity contribution >= 4 is 17.5 Å². The van der Waals surface area contributed by atoms with Gasteiger partial charge in [0.25, 0.3) is 0 Å². The molecule has 0 spiro atoms. The molecule has 1 heterocycles. The number of ketones is 1. The third-order valence-corrected chi connectivity index (χ3v) is 3.21. The molecule has 2 rings (SSSR count). The Hall–Kier alpha value is -1.68. The van der Waals surface area contributed by atoms with E-state index < -0.39 is 0 Å². The largest absolute Gasteiger partial charge is 0.288 e. The second-order valence-electron chi connectivity index (χ2n) is 3.77. The fourth-order valence-electron chi connectivity index (χ4n) is 1.70. The van der Waals surface area contributed by atoms with Crippen LogP contribution in [0.3, 0.4) is 0 Å². The Balaban J connectivity index is 2.42. The Bertz CT molecular complexity index is 555. The number of carbonyl (C=O) groups is 1. The molecule has 0 aliphatic carbocycles. The number of aromatic nitrogens is 2. The Kier molecular flexibility index (Phi) is 4.10. The summed E-state index contributed by atoms with van der Waals surface area (Å²) in [5, 5.41) is 0.705. The van der Waals surface area contributed by atoms with E-state index in [4.69, 9.17) is 0 Å². The summed E-state index contributed by atoms with van der Waals surface area (Å²) in [6.45, 7) is 1.99. The fourth-order valence-corrected chi connectivity index (χ4v) is 2.06. The molecule has 92 valence electrons. The van der Waals surface area contributed by atoms with Crippen LogP contribution in [0.25, 0.3) is 0 Å². The van der Waals surface area contributed by atoms with E-state index in [0.29, 0.717) is 16.3 Å². The highest BCUT2D eigenvalue weighted by Gasteiger charge is 2.14. The van der Waals surface area contributed by atoms with E-state index in [-0.39, 0.29) is 5.78 Å². The number of hydrogen-bond donors (Lipinski definition) is 0. The van der Waals surface area contributed by atoms with Gasteiger partial charge in [0.1, 0.15) is 0 Å². The summed E-state index contributed by atoms with van der Waals surface area (Å²) in [5.74, 6) is -0.0138. The summed E-state index contributed by atoms with van der Waals surface area (Å²) < 4.78 is 0. The van der Waals surface area contributed by atoms with Crippen molar-refractivity contribution in [3.63, 3.8) is 0 Å². The van der Waals surface area contributed by atoms with Crippen LogP contribution in [-0.4, -0.2) is 22.0 Å². The SMILES string of the molecule is CCc1nc(SC)ncc1C(=O)c1ccccc1. The number of aryl methyl sites for hydroxylation is 1. The Morgan fingerprint density at radius 3 is 2.61 bits per heavy atom. The number of rotatable bonds is 4. The average molecular weight is 258 g/mol. The van der Waals surface area contributed by atoms with Gasteiger partial charge in [0, 0.05) is 11.8 Å². The van der Waals surface area contributed by atoms with Crippen LogP contribution < -0.4 is 0 Å². The number of thioether (sulfide) groups is 1. The molecule has 0 saturated heterocycles. The zero-order valence-electron chi connectivity index (χ0n) is 10.4. The molecule has 18 heavy (non-hydrogen) atoms. The van der Waals surface area contributed by atoms with Gasteiger partial charge in [-0.15, -0.1) is 0 Å². The summed E-state index contributed by atoms with van der Waals surface area (Å²) in [5.41, 5.74) is 2.08. The molecule has 4 heteroatoms. The normalized spacial score (nSPS) is 10.3. The van der Waals surface area contributed by atoms with Gasteiger partial charge in [0.05, 0.1) is 11.3 Å². The lowest BCUT2D eigenvalue weighted by molar-refractivity contribution is 0.103. The van der Waals surface area contributed by atoms with Crippen molar-refractivity contribution in [1.29, 1.82) is 0 Å². The third-order valence-electron chi connectivity index (χ3n) is 2.64. The predicted molar refractivity (Wildman–Crippen MR) is 73.1 cm³/mol. The molecular formula is C14H14N2OS. The lowest BCUT2D eigenvalue weighted by Gasteiger charge is -2.07. The fraction of sp³-hybridized carbons (Fsp3) is 0.214. The highest BCUT2D eigenvalue weighted by molar-refractivity contribution is 7.98. The van der Waals surface area contributed by atoms with Crippen LogP contribution in [0.1, 0.15) is 28.5 Å². The van der Waals surface area contributed by atoms with Gasteiger partial charge in [-0.2, -0.15) is 0 Å². The minimum atomic E-state index is -0.0138. The second-order valence-corrected chi connectivity index (χ2v) is 4.54. The van der Waals surface area contributed by atoms with Crippen LogP contribution >= 0.6 is 11.8 Å². The maximum atomic E-state index is 12.3. The highest BCUT2D eigenvalue weighted by Crippen LogP contribution is 2.16. The van der Waals surface area contributed by atoms with Crippen LogP contribution in [0.2, 0.25) is 0 Å². The number of hydrogen-bond acceptors (Lipinski definition) is 4. The van der Waals surface area contributed by atoms with E-state index in [9.17, 15) is 4.79 Å². The average Bonchev–Trinajstić information content (AvgIpc) is 2.46. The molecule has 0 saturated carbocycles. The molecule has 0 fully saturated rings. The molecule has 0 aliphatic heterocycles. The Morgan fingerprint density at radius 1 is 1.28 bits per heavy atom. The summed E-state index contributed by atoms with van der Waals surface area (Å²) in [6, 6.07) is 9.23. The van der Waals surface area contributed by atoms with Gasteiger partial charge in [-0.25, -0.2) is 9.97 Å². The number of benzene rings is 1. The molecule has 0 unspecified atom stereocenters. The van der Waals surface area contributed by atoms with Crippen molar-refractivity contribution in [3.8, 4) is 0 Å². The van der Waals surface area contributed by atoms with E-state index in [1.165, 1.54) is 11.8 Å². The van der Waals surface area contributed by atoms with Crippen molar-refractivity contribution < 1.29 is 4.79 Å². The first-order valence-corrected chi connectivity index (χ1v) is 6.98. The van der Waals surface area contributed by atoms with Gasteiger partial charge in [-0.1, -0.05) is 49.0 Å². The maximum Gasteiger partial charge on any atom is 0.196 e. The van der Waals surface area contributed by atoms with Gasteiger partial charge in [0.15, 0.2) is 10.9 Å². The first-order valence-electron chi connectivity index (χ1n) is 5.76. The molecule has 0 N–H and O–H groups in total. The predicted octanol–water partition coefficient (Wildman–Crippen LogP) is 2.99. The molecule has 1 aromatic heterocycles. The maximum absolute atomic E-state index is 12.3. The lowest BCUT2D eigenvalue weighted by atomic mass is 10.0. The van der Waals surface area contributed by atoms with E-state index >= 15 is 0 Å². The summed E-state index contributed by atoms with van der Waals surface area (Å²) >= 11 is 1.48. The van der Waals surface area contributed by atoms with Gasteiger partial charge in [-0.05, 0) is 12.7 Å². The molecular weight excluding hydrogens is 244 g/mol. The van der Waals surface area contributed by atoms with Crippen molar-refractivity contribution in [1.82, 2.24) is 9.97 Å². The summed E-state index contributed by atoms with van der Waals surface area (Å²) in [6.07, 6.45) is 4.28. The first-order chi connectivity index (χ1) is 8.76. The molecule has 0 bridgehead atoms. The van der Waals surface area contributed by atoms with Crippen LogP contribution in [0.5, 0.6) is 0 Å².